The molecule has 0 saturated carbocycles. The Morgan fingerprint density at radius 3 is 1.17 bits per heavy atom. The van der Waals surface area contributed by atoms with Crippen molar-refractivity contribution in [3.05, 3.63) is 98.3 Å². The number of nitrogens with zero attached hydrogens (tertiary/aromatic N) is 1. The molecular formula is C28H8F5NO2. The molecule has 0 saturated heterocycles. The highest BCUT2D eigenvalue weighted by atomic mass is 19.2. The van der Waals surface area contributed by atoms with Crippen LogP contribution in [0.2, 0.25) is 0 Å². The van der Waals surface area contributed by atoms with E-state index in [0.717, 1.165) is 43.1 Å². The molecule has 1 heterocycles. The Balaban J connectivity index is 1.70. The molecule has 1 aromatic heterocycles. The Bertz CT molecular complexity index is 2200. The summed E-state index contributed by atoms with van der Waals surface area (Å²) in [6.45, 7) is 0. The largest absolute Gasteiger partial charge is 0.268 e. The van der Waals surface area contributed by atoms with E-state index < -0.39 is 45.9 Å². The zero-order chi connectivity index (χ0) is 24.8. The number of hydrogen-bond donors (Lipinski definition) is 0. The first-order valence-electron chi connectivity index (χ1n) is 10.9. The van der Waals surface area contributed by atoms with E-state index in [1.807, 2.05) is 24.3 Å². The highest BCUT2D eigenvalue weighted by molar-refractivity contribution is 6.48. The lowest BCUT2D eigenvalue weighted by molar-refractivity contribution is 0.375. The molecule has 0 spiro atoms. The van der Waals surface area contributed by atoms with Gasteiger partial charge in [0.2, 0.25) is 5.82 Å². The van der Waals surface area contributed by atoms with Gasteiger partial charge in [0.25, 0.3) is 11.1 Å². The summed E-state index contributed by atoms with van der Waals surface area (Å²) in [4.78, 5) is 27.2. The second-order valence-electron chi connectivity index (χ2n) is 9.02. The molecule has 0 amide bonds. The first-order valence-corrected chi connectivity index (χ1v) is 10.9. The van der Waals surface area contributed by atoms with Crippen molar-refractivity contribution in [3.8, 4) is 5.69 Å². The smallest absolute Gasteiger partial charge is 0.267 e. The molecule has 172 valence electrons. The molecule has 8 heteroatoms. The molecule has 8 aromatic rings. The third-order valence-electron chi connectivity index (χ3n) is 7.43. The molecule has 0 fully saturated rings. The standard InChI is InChI=1S/C28H8F5NO2/c29-21-22(30)24(32)26(25(33)23(21)31)34-27(35)19-12-7-5-10-3-1-9-2-4-11-6-8-13(20(19)28(34)36)18-16(11)14(9)15(10)17(12)18/h1-8H. The molecule has 0 unspecified atom stereocenters. The van der Waals surface area contributed by atoms with E-state index in [2.05, 4.69) is 0 Å². The van der Waals surface area contributed by atoms with Crippen molar-refractivity contribution in [2.45, 2.75) is 0 Å². The molecule has 0 aliphatic carbocycles. The minimum absolute atomic E-state index is 0.0578. The summed E-state index contributed by atoms with van der Waals surface area (Å²) in [7, 11) is 0. The van der Waals surface area contributed by atoms with Crippen LogP contribution in [0, 0.1) is 29.1 Å². The van der Waals surface area contributed by atoms with Crippen LogP contribution in [-0.2, 0) is 0 Å². The molecule has 7 aromatic carbocycles. The van der Waals surface area contributed by atoms with Crippen molar-refractivity contribution in [2.75, 3.05) is 0 Å². The second-order valence-corrected chi connectivity index (χ2v) is 9.02. The number of benzene rings is 6. The molecule has 0 aliphatic heterocycles. The summed E-state index contributed by atoms with van der Waals surface area (Å²) in [6, 6.07) is 14.7. The van der Waals surface area contributed by atoms with Gasteiger partial charge in [0.05, 0.1) is 10.8 Å². The fraction of sp³-hybridized carbons (Fsp3) is 0. The minimum atomic E-state index is -2.37. The number of aromatic nitrogens is 1. The summed E-state index contributed by atoms with van der Waals surface area (Å²) in [5, 5.41) is 7.51. The van der Waals surface area contributed by atoms with Gasteiger partial charge in [-0.1, -0.05) is 48.5 Å². The number of hydrogen-bond acceptors (Lipinski definition) is 2. The van der Waals surface area contributed by atoms with E-state index in [9.17, 15) is 31.5 Å². The third-order valence-corrected chi connectivity index (χ3v) is 7.43. The van der Waals surface area contributed by atoms with Gasteiger partial charge < -0.3 is 0 Å². The SMILES string of the molecule is O=c1c2c3ccc4ccc5ccc6ccc(c2c(=O)n1-c1c(F)c(F)c(F)c(F)c1F)c1c6c5c4c31. The first kappa shape index (κ1) is 19.7. The van der Waals surface area contributed by atoms with Crippen molar-refractivity contribution in [1.82, 2.24) is 4.57 Å². The first-order chi connectivity index (χ1) is 17.3. The molecule has 3 nitrogen and oxygen atoms in total. The van der Waals surface area contributed by atoms with Crippen LogP contribution in [-0.4, -0.2) is 4.57 Å². The van der Waals surface area contributed by atoms with Crippen LogP contribution in [0.5, 0.6) is 0 Å². The number of rotatable bonds is 1. The Hall–Kier alpha value is -4.59. The van der Waals surface area contributed by atoms with E-state index in [-0.39, 0.29) is 15.3 Å². The van der Waals surface area contributed by atoms with Crippen molar-refractivity contribution in [2.24, 2.45) is 0 Å². The average Bonchev–Trinajstić information content (AvgIpc) is 3.38. The molecular weight excluding hydrogens is 477 g/mol. The van der Waals surface area contributed by atoms with Gasteiger partial charge >= 0.3 is 0 Å². The molecule has 36 heavy (non-hydrogen) atoms. The van der Waals surface area contributed by atoms with Gasteiger partial charge in [0, 0.05) is 0 Å². The minimum Gasteiger partial charge on any atom is -0.268 e. The van der Waals surface area contributed by atoms with Crippen molar-refractivity contribution in [3.63, 3.8) is 0 Å². The molecule has 0 N–H and O–H groups in total. The Labute approximate surface area is 195 Å². The van der Waals surface area contributed by atoms with Gasteiger partial charge in [-0.25, -0.2) is 26.5 Å². The molecule has 8 rings (SSSR count). The van der Waals surface area contributed by atoms with E-state index in [0.29, 0.717) is 10.8 Å². The van der Waals surface area contributed by atoms with Crippen molar-refractivity contribution in [1.29, 1.82) is 0 Å². The highest BCUT2D eigenvalue weighted by Crippen LogP contribution is 2.49. The topological polar surface area (TPSA) is 39.1 Å². The predicted molar refractivity (Wildman–Crippen MR) is 128 cm³/mol. The van der Waals surface area contributed by atoms with Gasteiger partial charge in [-0.2, -0.15) is 0 Å². The maximum atomic E-state index is 14.7. The zero-order valence-electron chi connectivity index (χ0n) is 17.8. The Morgan fingerprint density at radius 1 is 0.417 bits per heavy atom. The summed E-state index contributed by atoms with van der Waals surface area (Å²) >= 11 is 0. The summed E-state index contributed by atoms with van der Waals surface area (Å²) < 4.78 is 71.1. The lowest BCUT2D eigenvalue weighted by Gasteiger charge is -2.07. The second kappa shape index (κ2) is 5.96. The lowest BCUT2D eigenvalue weighted by atomic mass is 9.95. The maximum Gasteiger partial charge on any atom is 0.267 e. The van der Waals surface area contributed by atoms with Crippen LogP contribution in [0.25, 0.3) is 70.3 Å². The van der Waals surface area contributed by atoms with E-state index in [4.69, 9.17) is 0 Å². The fourth-order valence-electron chi connectivity index (χ4n) is 6.01. The average molecular weight is 485 g/mol. The monoisotopic (exact) mass is 485 g/mol. The predicted octanol–water partition coefficient (Wildman–Crippen LogP) is 6.56. The quantitative estimate of drug-likeness (QED) is 0.114. The van der Waals surface area contributed by atoms with Crippen LogP contribution in [0.4, 0.5) is 22.0 Å². The fourth-order valence-corrected chi connectivity index (χ4v) is 6.01. The van der Waals surface area contributed by atoms with Crippen LogP contribution < -0.4 is 11.1 Å². The van der Waals surface area contributed by atoms with Gasteiger partial charge in [-0.3, -0.25) is 9.59 Å². The van der Waals surface area contributed by atoms with E-state index in [1.165, 1.54) is 0 Å². The summed E-state index contributed by atoms with van der Waals surface area (Å²) in [6.07, 6.45) is 0. The Morgan fingerprint density at radius 2 is 0.750 bits per heavy atom. The van der Waals surface area contributed by atoms with Gasteiger partial charge in [0.1, 0.15) is 5.69 Å². The van der Waals surface area contributed by atoms with Gasteiger partial charge in [-0.15, -0.1) is 0 Å². The number of fused-ring (bicyclic) bond motifs is 3. The van der Waals surface area contributed by atoms with Crippen molar-refractivity contribution < 1.29 is 22.0 Å². The Kier molecular flexibility index (Phi) is 3.26. The molecule has 0 bridgehead atoms. The normalized spacial score (nSPS) is 12.8. The van der Waals surface area contributed by atoms with Crippen LogP contribution in [0.15, 0.2) is 58.1 Å². The van der Waals surface area contributed by atoms with Gasteiger partial charge in [-0.05, 0) is 53.9 Å². The maximum absolute atomic E-state index is 14.7. The summed E-state index contributed by atoms with van der Waals surface area (Å²) in [5.41, 5.74) is -3.88. The highest BCUT2D eigenvalue weighted by Gasteiger charge is 2.32. The van der Waals surface area contributed by atoms with E-state index in [1.54, 1.807) is 24.3 Å². The van der Waals surface area contributed by atoms with Gasteiger partial charge in [0.15, 0.2) is 23.3 Å². The number of halogens is 5. The zero-order valence-corrected chi connectivity index (χ0v) is 17.8. The van der Waals surface area contributed by atoms with Crippen LogP contribution in [0.3, 0.4) is 0 Å². The van der Waals surface area contributed by atoms with E-state index >= 15 is 0 Å². The third kappa shape index (κ3) is 1.91. The summed E-state index contributed by atoms with van der Waals surface area (Å²) in [5.74, 6) is -11.3. The van der Waals surface area contributed by atoms with Crippen molar-refractivity contribution >= 4 is 64.6 Å². The molecule has 0 atom stereocenters. The van der Waals surface area contributed by atoms with Crippen LogP contribution in [0.1, 0.15) is 0 Å². The lowest BCUT2D eigenvalue weighted by Crippen LogP contribution is -2.27. The van der Waals surface area contributed by atoms with Crippen LogP contribution >= 0.6 is 0 Å². The molecule has 0 radical (unpaired) electrons. The molecule has 0 aliphatic rings.